The topological polar surface area (TPSA) is 87.2 Å². The molecule has 19 heavy (non-hydrogen) atoms. The Balaban J connectivity index is 2.00. The van der Waals surface area contributed by atoms with E-state index in [9.17, 15) is 9.59 Å². The molecule has 0 unspecified atom stereocenters. The van der Waals surface area contributed by atoms with E-state index < -0.39 is 0 Å². The van der Waals surface area contributed by atoms with Crippen LogP contribution in [0, 0.1) is 0 Å². The normalized spacial score (nSPS) is 15.0. The molecule has 0 aliphatic carbocycles. The van der Waals surface area contributed by atoms with Crippen molar-refractivity contribution in [3.8, 4) is 0 Å². The zero-order chi connectivity index (χ0) is 13.7. The van der Waals surface area contributed by atoms with Gasteiger partial charge in [-0.3, -0.25) is 9.59 Å². The summed E-state index contributed by atoms with van der Waals surface area (Å²) in [6.07, 6.45) is 0.991. The van der Waals surface area contributed by atoms with Crippen molar-refractivity contribution in [2.45, 2.75) is 13.3 Å². The van der Waals surface area contributed by atoms with E-state index >= 15 is 0 Å². The minimum absolute atomic E-state index is 0.0797. The summed E-state index contributed by atoms with van der Waals surface area (Å²) in [4.78, 5) is 24.8. The average molecular weight is 263 g/mol. The summed E-state index contributed by atoms with van der Waals surface area (Å²) >= 11 is 0. The van der Waals surface area contributed by atoms with Crippen LogP contribution in [0.15, 0.2) is 12.1 Å². The van der Waals surface area contributed by atoms with Crippen LogP contribution in [0.5, 0.6) is 0 Å². The van der Waals surface area contributed by atoms with Gasteiger partial charge >= 0.3 is 0 Å². The number of hydrogen-bond donors (Lipinski definition) is 2. The van der Waals surface area contributed by atoms with Gasteiger partial charge in [0, 0.05) is 19.6 Å². The van der Waals surface area contributed by atoms with Crippen molar-refractivity contribution in [2.75, 3.05) is 31.5 Å². The predicted molar refractivity (Wildman–Crippen MR) is 69.7 cm³/mol. The Morgan fingerprint density at radius 3 is 2.95 bits per heavy atom. The Bertz CT molecular complexity index is 460. The Kier molecular flexibility index (Phi) is 4.27. The number of hydrogen-bond acceptors (Lipinski definition) is 5. The fourth-order valence-electron chi connectivity index (χ4n) is 1.77. The zero-order valence-electron chi connectivity index (χ0n) is 10.8. The van der Waals surface area contributed by atoms with Crippen LogP contribution in [0.2, 0.25) is 0 Å². The van der Waals surface area contributed by atoms with Crippen LogP contribution in [0.25, 0.3) is 0 Å². The van der Waals surface area contributed by atoms with E-state index in [4.69, 9.17) is 0 Å². The summed E-state index contributed by atoms with van der Waals surface area (Å²) in [5, 5.41) is 13.6. The second-order valence-corrected chi connectivity index (χ2v) is 4.31. The van der Waals surface area contributed by atoms with Crippen LogP contribution in [0.4, 0.5) is 5.82 Å². The number of nitrogens with one attached hydrogen (secondary N) is 2. The second-order valence-electron chi connectivity index (χ2n) is 4.31. The van der Waals surface area contributed by atoms with E-state index in [2.05, 4.69) is 27.8 Å². The number of anilines is 1. The number of nitrogens with zero attached hydrogens (tertiary/aromatic N) is 3. The van der Waals surface area contributed by atoms with Gasteiger partial charge in [-0.2, -0.15) is 0 Å². The molecule has 2 amide bonds. The maximum atomic E-state index is 12.1. The van der Waals surface area contributed by atoms with Gasteiger partial charge in [0.15, 0.2) is 5.69 Å². The maximum absolute atomic E-state index is 12.1. The highest BCUT2D eigenvalue weighted by molar-refractivity contribution is 5.95. The molecular formula is C12H17N5O2. The summed E-state index contributed by atoms with van der Waals surface area (Å²) < 4.78 is 0. The van der Waals surface area contributed by atoms with E-state index in [1.54, 1.807) is 12.1 Å². The van der Waals surface area contributed by atoms with Gasteiger partial charge in [-0.25, -0.2) is 0 Å². The van der Waals surface area contributed by atoms with Crippen molar-refractivity contribution >= 4 is 17.6 Å². The Hall–Kier alpha value is -2.18. The minimum atomic E-state index is -0.260. The van der Waals surface area contributed by atoms with E-state index in [0.717, 1.165) is 13.0 Å². The molecular weight excluding hydrogens is 246 g/mol. The molecule has 1 saturated heterocycles. The van der Waals surface area contributed by atoms with Gasteiger partial charge < -0.3 is 15.5 Å². The monoisotopic (exact) mass is 263 g/mol. The quantitative estimate of drug-likeness (QED) is 0.790. The highest BCUT2D eigenvalue weighted by Crippen LogP contribution is 2.06. The fourth-order valence-corrected chi connectivity index (χ4v) is 1.77. The number of carbonyl (C=O) groups excluding carboxylic acids is 2. The molecule has 7 nitrogen and oxygen atoms in total. The van der Waals surface area contributed by atoms with Crippen molar-refractivity contribution in [1.82, 2.24) is 20.4 Å². The predicted octanol–water partition coefficient (Wildman–Crippen LogP) is -0.130. The molecule has 7 heteroatoms. The lowest BCUT2D eigenvalue weighted by molar-refractivity contribution is -0.123. The SMILES string of the molecule is CCCNc1ccc(C(=O)N2CCNC(=O)C2)nn1. The van der Waals surface area contributed by atoms with Crippen molar-refractivity contribution in [2.24, 2.45) is 0 Å². The summed E-state index contributed by atoms with van der Waals surface area (Å²) in [6, 6.07) is 3.35. The second kappa shape index (κ2) is 6.12. The lowest BCUT2D eigenvalue weighted by Gasteiger charge is -2.26. The van der Waals surface area contributed by atoms with E-state index in [-0.39, 0.29) is 24.1 Å². The lowest BCUT2D eigenvalue weighted by atomic mass is 10.3. The van der Waals surface area contributed by atoms with Gasteiger partial charge in [-0.05, 0) is 18.6 Å². The van der Waals surface area contributed by atoms with Crippen molar-refractivity contribution in [3.63, 3.8) is 0 Å². The van der Waals surface area contributed by atoms with E-state index in [0.29, 0.717) is 18.9 Å². The molecule has 1 fully saturated rings. The maximum Gasteiger partial charge on any atom is 0.274 e. The molecule has 0 saturated carbocycles. The largest absolute Gasteiger partial charge is 0.369 e. The van der Waals surface area contributed by atoms with E-state index in [1.807, 2.05) is 0 Å². The molecule has 1 aliphatic heterocycles. The molecule has 0 bridgehead atoms. The first kappa shape index (κ1) is 13.3. The highest BCUT2D eigenvalue weighted by atomic mass is 16.2. The molecule has 2 heterocycles. The van der Waals surface area contributed by atoms with Crippen molar-refractivity contribution in [1.29, 1.82) is 0 Å². The van der Waals surface area contributed by atoms with Gasteiger partial charge in [0.25, 0.3) is 5.91 Å². The standard InChI is InChI=1S/C12H17N5O2/c1-2-5-13-10-4-3-9(15-16-10)12(19)17-7-6-14-11(18)8-17/h3-4H,2,5-8H2,1H3,(H,13,16)(H,14,18). The molecule has 102 valence electrons. The first-order valence-electron chi connectivity index (χ1n) is 6.34. The van der Waals surface area contributed by atoms with Gasteiger partial charge in [0.1, 0.15) is 5.82 Å². The van der Waals surface area contributed by atoms with Crippen molar-refractivity contribution in [3.05, 3.63) is 17.8 Å². The van der Waals surface area contributed by atoms with Gasteiger partial charge in [-0.15, -0.1) is 10.2 Å². The van der Waals surface area contributed by atoms with Crippen molar-refractivity contribution < 1.29 is 9.59 Å². The smallest absolute Gasteiger partial charge is 0.274 e. The Morgan fingerprint density at radius 2 is 2.32 bits per heavy atom. The first-order chi connectivity index (χ1) is 9.20. The van der Waals surface area contributed by atoms with E-state index in [1.165, 1.54) is 4.90 Å². The third kappa shape index (κ3) is 3.40. The van der Waals surface area contributed by atoms with Gasteiger partial charge in [0.2, 0.25) is 5.91 Å². The molecule has 0 radical (unpaired) electrons. The zero-order valence-corrected chi connectivity index (χ0v) is 10.8. The first-order valence-corrected chi connectivity index (χ1v) is 6.34. The number of amides is 2. The molecule has 2 N–H and O–H groups in total. The van der Waals surface area contributed by atoms with Crippen LogP contribution in [-0.4, -0.2) is 53.1 Å². The number of aromatic nitrogens is 2. The summed E-state index contributed by atoms with van der Waals surface area (Å²) in [5.74, 6) is 0.243. The molecule has 2 rings (SSSR count). The summed E-state index contributed by atoms with van der Waals surface area (Å²) in [7, 11) is 0. The van der Waals surface area contributed by atoms with Gasteiger partial charge in [-0.1, -0.05) is 6.92 Å². The van der Waals surface area contributed by atoms with Crippen LogP contribution in [0.1, 0.15) is 23.8 Å². The molecule has 0 aromatic carbocycles. The van der Waals surface area contributed by atoms with Crippen LogP contribution in [-0.2, 0) is 4.79 Å². The molecule has 1 aromatic rings. The third-order valence-corrected chi connectivity index (χ3v) is 2.77. The average Bonchev–Trinajstić information content (AvgIpc) is 2.45. The molecule has 1 aromatic heterocycles. The highest BCUT2D eigenvalue weighted by Gasteiger charge is 2.23. The summed E-state index contributed by atoms with van der Waals surface area (Å²) in [6.45, 7) is 3.93. The number of rotatable bonds is 4. The number of carbonyl (C=O) groups is 2. The Labute approximate surface area is 111 Å². The lowest BCUT2D eigenvalue weighted by Crippen LogP contribution is -2.50. The fraction of sp³-hybridized carbons (Fsp3) is 0.500. The number of piperazine rings is 1. The minimum Gasteiger partial charge on any atom is -0.369 e. The van der Waals surface area contributed by atoms with Crippen LogP contribution < -0.4 is 10.6 Å². The molecule has 1 aliphatic rings. The Morgan fingerprint density at radius 1 is 1.47 bits per heavy atom. The third-order valence-electron chi connectivity index (χ3n) is 2.77. The summed E-state index contributed by atoms with van der Waals surface area (Å²) in [5.41, 5.74) is 0.261. The van der Waals surface area contributed by atoms with Crippen LogP contribution in [0.3, 0.4) is 0 Å². The van der Waals surface area contributed by atoms with Gasteiger partial charge in [0.05, 0.1) is 6.54 Å². The molecule has 0 spiro atoms. The van der Waals surface area contributed by atoms with Crippen LogP contribution >= 0.6 is 0 Å². The molecule has 0 atom stereocenters.